The van der Waals surface area contributed by atoms with Gasteiger partial charge in [-0.05, 0) is 31.7 Å². The van der Waals surface area contributed by atoms with Crippen LogP contribution >= 0.6 is 11.6 Å². The first-order chi connectivity index (χ1) is 12.5. The first-order valence-electron chi connectivity index (χ1n) is 8.49. The van der Waals surface area contributed by atoms with E-state index in [2.05, 4.69) is 9.97 Å². The number of halogens is 1. The Bertz CT molecular complexity index is 793. The van der Waals surface area contributed by atoms with Crippen LogP contribution in [0.2, 0.25) is 5.15 Å². The smallest absolute Gasteiger partial charge is 0.409 e. The largest absolute Gasteiger partial charge is 0.493 e. The predicted molar refractivity (Wildman–Crippen MR) is 97.9 cm³/mol. The molecule has 2 aromatic rings. The topological polar surface area (TPSA) is 73.8 Å². The van der Waals surface area contributed by atoms with Gasteiger partial charge in [-0.15, -0.1) is 0 Å². The van der Waals surface area contributed by atoms with E-state index >= 15 is 0 Å². The van der Waals surface area contributed by atoms with Gasteiger partial charge in [0.05, 0.1) is 25.8 Å². The molecule has 1 heterocycles. The summed E-state index contributed by atoms with van der Waals surface area (Å²) in [5.41, 5.74) is 0.706. The second-order valence-electron chi connectivity index (χ2n) is 6.31. The van der Waals surface area contributed by atoms with Gasteiger partial charge in [0.2, 0.25) is 0 Å². The van der Waals surface area contributed by atoms with Crippen LogP contribution in [0.3, 0.4) is 0 Å². The SMILES string of the molecule is COC(=O)N(C)[C@H]1CC[C@@H](Oc2cc3c(Cl)ncnc3cc2OC)CC1. The summed E-state index contributed by atoms with van der Waals surface area (Å²) >= 11 is 6.17. The van der Waals surface area contributed by atoms with Crippen LogP contribution in [-0.2, 0) is 4.74 Å². The molecule has 0 spiro atoms. The number of aromatic nitrogens is 2. The Kier molecular flexibility index (Phi) is 5.66. The van der Waals surface area contributed by atoms with E-state index < -0.39 is 0 Å². The lowest BCUT2D eigenvalue weighted by Crippen LogP contribution is -2.41. The van der Waals surface area contributed by atoms with Crippen LogP contribution in [0.4, 0.5) is 4.79 Å². The van der Waals surface area contributed by atoms with Crippen LogP contribution in [-0.4, -0.2) is 54.4 Å². The molecule has 8 heteroatoms. The zero-order valence-corrected chi connectivity index (χ0v) is 15.8. The van der Waals surface area contributed by atoms with Crippen molar-refractivity contribution < 1.29 is 19.0 Å². The molecule has 7 nitrogen and oxygen atoms in total. The molecule has 0 radical (unpaired) electrons. The first kappa shape index (κ1) is 18.5. The number of carbonyl (C=O) groups excluding carboxylic acids is 1. The average molecular weight is 380 g/mol. The quantitative estimate of drug-likeness (QED) is 0.754. The van der Waals surface area contributed by atoms with Gasteiger partial charge in [0.1, 0.15) is 11.5 Å². The molecule has 1 amide bonds. The van der Waals surface area contributed by atoms with E-state index in [-0.39, 0.29) is 18.2 Å². The summed E-state index contributed by atoms with van der Waals surface area (Å²) in [6.45, 7) is 0. The molecule has 0 unspecified atom stereocenters. The summed E-state index contributed by atoms with van der Waals surface area (Å²) in [6.07, 6.45) is 4.56. The molecule has 0 atom stereocenters. The molecule has 1 aliphatic rings. The standard InChI is InChI=1S/C18H22ClN3O4/c1-22(18(23)25-3)11-4-6-12(7-5-11)26-16-8-13-14(9-15(16)24-2)20-10-21-17(13)19/h8-12H,4-7H2,1-3H3/t11-,12+. The maximum Gasteiger partial charge on any atom is 0.409 e. The summed E-state index contributed by atoms with van der Waals surface area (Å²) in [4.78, 5) is 21.5. The van der Waals surface area contributed by atoms with Crippen LogP contribution in [0.5, 0.6) is 11.5 Å². The maximum absolute atomic E-state index is 11.7. The molecule has 0 aliphatic heterocycles. The Hall–Kier alpha value is -2.28. The van der Waals surface area contributed by atoms with Crippen molar-refractivity contribution >= 4 is 28.6 Å². The first-order valence-corrected chi connectivity index (χ1v) is 8.87. The lowest BCUT2D eigenvalue weighted by molar-refractivity contribution is 0.0801. The van der Waals surface area contributed by atoms with Gasteiger partial charge < -0.3 is 19.1 Å². The fourth-order valence-corrected chi connectivity index (χ4v) is 3.50. The molecule has 0 saturated heterocycles. The van der Waals surface area contributed by atoms with E-state index in [1.54, 1.807) is 25.1 Å². The lowest BCUT2D eigenvalue weighted by Gasteiger charge is -2.34. The molecule has 1 saturated carbocycles. The molecule has 1 fully saturated rings. The van der Waals surface area contributed by atoms with E-state index in [0.29, 0.717) is 22.2 Å². The van der Waals surface area contributed by atoms with Gasteiger partial charge in [0.25, 0.3) is 0 Å². The molecule has 1 aliphatic carbocycles. The Morgan fingerprint density at radius 2 is 1.88 bits per heavy atom. The molecule has 3 rings (SSSR count). The Balaban J connectivity index is 1.72. The zero-order valence-electron chi connectivity index (χ0n) is 15.1. The van der Waals surface area contributed by atoms with E-state index in [9.17, 15) is 4.79 Å². The monoisotopic (exact) mass is 379 g/mol. The van der Waals surface area contributed by atoms with Crippen molar-refractivity contribution in [1.82, 2.24) is 14.9 Å². The van der Waals surface area contributed by atoms with Crippen LogP contribution in [0.25, 0.3) is 10.9 Å². The van der Waals surface area contributed by atoms with Crippen molar-refractivity contribution in [2.75, 3.05) is 21.3 Å². The molecule has 1 aromatic heterocycles. The molecule has 140 valence electrons. The van der Waals surface area contributed by atoms with Crippen molar-refractivity contribution in [1.29, 1.82) is 0 Å². The van der Waals surface area contributed by atoms with Gasteiger partial charge in [-0.3, -0.25) is 0 Å². The highest BCUT2D eigenvalue weighted by atomic mass is 35.5. The zero-order chi connectivity index (χ0) is 18.7. The third kappa shape index (κ3) is 3.77. The number of hydrogen-bond acceptors (Lipinski definition) is 6. The third-order valence-electron chi connectivity index (χ3n) is 4.82. The fraction of sp³-hybridized carbons (Fsp3) is 0.500. The molecule has 0 N–H and O–H groups in total. The molecule has 1 aromatic carbocycles. The minimum Gasteiger partial charge on any atom is -0.493 e. The number of carbonyl (C=O) groups is 1. The summed E-state index contributed by atoms with van der Waals surface area (Å²) < 4.78 is 16.4. The highest BCUT2D eigenvalue weighted by Gasteiger charge is 2.28. The normalized spacial score (nSPS) is 19.8. The third-order valence-corrected chi connectivity index (χ3v) is 5.12. The summed E-state index contributed by atoms with van der Waals surface area (Å²) in [5, 5.41) is 1.11. The van der Waals surface area contributed by atoms with Gasteiger partial charge in [-0.2, -0.15) is 0 Å². The Morgan fingerprint density at radius 3 is 2.54 bits per heavy atom. The van der Waals surface area contributed by atoms with Gasteiger partial charge >= 0.3 is 6.09 Å². The number of rotatable bonds is 4. The minimum absolute atomic E-state index is 0.0482. The fourth-order valence-electron chi connectivity index (χ4n) is 3.31. The van der Waals surface area contributed by atoms with Crippen LogP contribution in [0, 0.1) is 0 Å². The van der Waals surface area contributed by atoms with Crippen molar-refractivity contribution in [2.45, 2.75) is 37.8 Å². The summed E-state index contributed by atoms with van der Waals surface area (Å²) in [6, 6.07) is 3.79. The van der Waals surface area contributed by atoms with Gasteiger partial charge in [-0.1, -0.05) is 11.6 Å². The van der Waals surface area contributed by atoms with Crippen LogP contribution in [0.15, 0.2) is 18.5 Å². The van der Waals surface area contributed by atoms with Gasteiger partial charge in [0.15, 0.2) is 11.5 Å². The summed E-state index contributed by atoms with van der Waals surface area (Å²) in [5.74, 6) is 1.24. The lowest BCUT2D eigenvalue weighted by atomic mass is 9.92. The Labute approximate surface area is 157 Å². The van der Waals surface area contributed by atoms with E-state index in [0.717, 1.165) is 31.1 Å². The maximum atomic E-state index is 11.7. The molecule has 26 heavy (non-hydrogen) atoms. The Morgan fingerprint density at radius 1 is 1.15 bits per heavy atom. The van der Waals surface area contributed by atoms with Gasteiger partial charge in [0, 0.05) is 24.5 Å². The molecular formula is C18H22ClN3O4. The minimum atomic E-state index is -0.305. The second-order valence-corrected chi connectivity index (χ2v) is 6.67. The number of methoxy groups -OCH3 is 2. The number of amides is 1. The molecule has 0 bridgehead atoms. The van der Waals surface area contributed by atoms with Crippen molar-refractivity contribution in [2.24, 2.45) is 0 Å². The second kappa shape index (κ2) is 7.95. The van der Waals surface area contributed by atoms with Crippen LogP contribution in [0.1, 0.15) is 25.7 Å². The number of ether oxygens (including phenoxy) is 3. The number of hydrogen-bond donors (Lipinski definition) is 0. The predicted octanol–water partition coefficient (Wildman–Crippen LogP) is 3.68. The highest BCUT2D eigenvalue weighted by Crippen LogP contribution is 2.36. The van der Waals surface area contributed by atoms with Crippen LogP contribution < -0.4 is 9.47 Å². The highest BCUT2D eigenvalue weighted by molar-refractivity contribution is 6.34. The van der Waals surface area contributed by atoms with E-state index in [4.69, 9.17) is 25.8 Å². The van der Waals surface area contributed by atoms with Crippen molar-refractivity contribution in [3.05, 3.63) is 23.6 Å². The molecular weight excluding hydrogens is 358 g/mol. The number of fused-ring (bicyclic) bond motifs is 1. The summed E-state index contributed by atoms with van der Waals surface area (Å²) in [7, 11) is 4.76. The van der Waals surface area contributed by atoms with E-state index in [1.165, 1.54) is 13.4 Å². The van der Waals surface area contributed by atoms with Crippen molar-refractivity contribution in [3.63, 3.8) is 0 Å². The van der Waals surface area contributed by atoms with Crippen molar-refractivity contribution in [3.8, 4) is 11.5 Å². The van der Waals surface area contributed by atoms with Gasteiger partial charge in [-0.25, -0.2) is 14.8 Å². The number of benzene rings is 1. The number of nitrogens with zero attached hydrogens (tertiary/aromatic N) is 3. The van der Waals surface area contributed by atoms with E-state index in [1.807, 2.05) is 6.07 Å². The average Bonchev–Trinajstić information content (AvgIpc) is 2.67.